The number of amidine groups is 1. The number of hydrogen-bond donors (Lipinski definition) is 4. The molecule has 1 aliphatic rings. The number of hydrogen-bond acceptors (Lipinski definition) is 5. The summed E-state index contributed by atoms with van der Waals surface area (Å²) >= 11 is 0. The normalized spacial score (nSPS) is 13.2. The first-order valence-corrected chi connectivity index (χ1v) is 9.20. The molecule has 1 fully saturated rings. The Kier molecular flexibility index (Phi) is 4.83. The minimum Gasteiger partial charge on any atom is -0.384 e. The van der Waals surface area contributed by atoms with E-state index < -0.39 is 0 Å². The molecule has 4 rings (SSSR count). The van der Waals surface area contributed by atoms with E-state index >= 15 is 0 Å². The number of benzene rings is 2. The smallest absolute Gasteiger partial charge is 0.149 e. The maximum absolute atomic E-state index is 8.92. The summed E-state index contributed by atoms with van der Waals surface area (Å²) in [6.07, 6.45) is 2.44. The molecule has 140 valence electrons. The van der Waals surface area contributed by atoms with Gasteiger partial charge in [-0.3, -0.25) is 16.1 Å². The fraction of sp³-hybridized carbons (Fsp3) is 0.182. The molecule has 6 heteroatoms. The molecule has 0 atom stereocenters. The molecule has 0 radical (unpaired) electrons. The van der Waals surface area contributed by atoms with E-state index in [9.17, 15) is 0 Å². The quantitative estimate of drug-likeness (QED) is 0.240. The van der Waals surface area contributed by atoms with Crippen LogP contribution in [0.3, 0.4) is 0 Å². The molecule has 1 saturated heterocycles. The molecule has 0 spiro atoms. The number of rotatable bonds is 2. The second kappa shape index (κ2) is 7.59. The monoisotopic (exact) mass is 371 g/mol. The molecule has 0 unspecified atom stereocenters. The Hall–Kier alpha value is -3.56. The number of anilines is 2. The zero-order valence-corrected chi connectivity index (χ0v) is 15.4. The highest BCUT2D eigenvalue weighted by Gasteiger charge is 2.13. The van der Waals surface area contributed by atoms with E-state index in [-0.39, 0.29) is 5.84 Å². The zero-order chi connectivity index (χ0) is 19.5. The minimum atomic E-state index is -0.0717. The van der Waals surface area contributed by atoms with Gasteiger partial charge in [-0.1, -0.05) is 24.0 Å². The van der Waals surface area contributed by atoms with Crippen LogP contribution in [0.2, 0.25) is 0 Å². The van der Waals surface area contributed by atoms with Gasteiger partial charge in [0.05, 0.1) is 5.52 Å². The molecule has 28 heavy (non-hydrogen) atoms. The van der Waals surface area contributed by atoms with Gasteiger partial charge in [0.2, 0.25) is 0 Å². The van der Waals surface area contributed by atoms with Crippen LogP contribution >= 0.6 is 0 Å². The third kappa shape index (κ3) is 3.61. The van der Waals surface area contributed by atoms with Gasteiger partial charge in [0.15, 0.2) is 0 Å². The van der Waals surface area contributed by atoms with Gasteiger partial charge < -0.3 is 10.6 Å². The Labute approximate surface area is 163 Å². The fourth-order valence-electron chi connectivity index (χ4n) is 3.47. The van der Waals surface area contributed by atoms with Gasteiger partial charge in [0.1, 0.15) is 11.7 Å². The maximum Gasteiger partial charge on any atom is 0.149 e. The molecule has 0 aliphatic carbocycles. The van der Waals surface area contributed by atoms with Crippen LogP contribution in [-0.4, -0.2) is 29.1 Å². The van der Waals surface area contributed by atoms with Crippen molar-refractivity contribution in [3.05, 3.63) is 65.2 Å². The number of aromatic nitrogens is 1. The van der Waals surface area contributed by atoms with Crippen LogP contribution in [0.15, 0.2) is 48.5 Å². The zero-order valence-electron chi connectivity index (χ0n) is 15.4. The highest BCUT2D eigenvalue weighted by atomic mass is 16.5. The van der Waals surface area contributed by atoms with Gasteiger partial charge >= 0.3 is 0 Å². The van der Waals surface area contributed by atoms with Gasteiger partial charge in [-0.05, 0) is 49.2 Å². The number of nitrogens with two attached hydrogens (primary N) is 1. The second-order valence-electron chi connectivity index (χ2n) is 6.81. The lowest BCUT2D eigenvalue weighted by molar-refractivity contribution is 0.234. The summed E-state index contributed by atoms with van der Waals surface area (Å²) in [4.78, 5) is 6.81. The van der Waals surface area contributed by atoms with Crippen LogP contribution in [0.25, 0.3) is 10.9 Å². The third-order valence-corrected chi connectivity index (χ3v) is 4.89. The molecule has 1 aromatic heterocycles. The second-order valence-corrected chi connectivity index (χ2v) is 6.81. The number of nitrogens with one attached hydrogen (secondary N) is 2. The Morgan fingerprint density at radius 1 is 1.11 bits per heavy atom. The van der Waals surface area contributed by atoms with E-state index in [1.165, 1.54) is 18.5 Å². The Morgan fingerprint density at radius 3 is 2.71 bits per heavy atom. The van der Waals surface area contributed by atoms with Crippen molar-refractivity contribution in [3.8, 4) is 11.8 Å². The van der Waals surface area contributed by atoms with E-state index in [1.807, 2.05) is 17.6 Å². The van der Waals surface area contributed by atoms with Gasteiger partial charge in [0.25, 0.3) is 0 Å². The lowest BCUT2D eigenvalue weighted by Gasteiger charge is -2.18. The van der Waals surface area contributed by atoms with E-state index in [0.717, 1.165) is 35.1 Å². The summed E-state index contributed by atoms with van der Waals surface area (Å²) in [7, 11) is 0. The molecule has 5 N–H and O–H groups in total. The first kappa shape index (κ1) is 17.8. The average molecular weight is 371 g/mol. The van der Waals surface area contributed by atoms with Crippen molar-refractivity contribution in [1.29, 1.82) is 5.41 Å². The van der Waals surface area contributed by atoms with E-state index in [0.29, 0.717) is 11.4 Å². The van der Waals surface area contributed by atoms with Gasteiger partial charge in [-0.25, -0.2) is 4.98 Å². The number of nitrogen functional groups attached to an aromatic ring is 1. The lowest BCUT2D eigenvalue weighted by Crippen LogP contribution is -2.18. The average Bonchev–Trinajstić information content (AvgIpc) is 3.26. The topological polar surface area (TPSA) is 98.3 Å². The predicted molar refractivity (Wildman–Crippen MR) is 112 cm³/mol. The highest BCUT2D eigenvalue weighted by molar-refractivity contribution is 5.95. The van der Waals surface area contributed by atoms with Crippen LogP contribution in [0.1, 0.15) is 29.5 Å². The third-order valence-electron chi connectivity index (χ3n) is 4.89. The summed E-state index contributed by atoms with van der Waals surface area (Å²) in [5.41, 5.74) is 12.0. The molecule has 0 amide bonds. The van der Waals surface area contributed by atoms with Crippen molar-refractivity contribution >= 4 is 28.2 Å². The van der Waals surface area contributed by atoms with Gasteiger partial charge in [0, 0.05) is 40.9 Å². The van der Waals surface area contributed by atoms with Crippen LogP contribution < -0.4 is 16.1 Å². The van der Waals surface area contributed by atoms with Crippen molar-refractivity contribution in [2.24, 2.45) is 0 Å². The van der Waals surface area contributed by atoms with Crippen LogP contribution in [0.5, 0.6) is 0 Å². The summed E-state index contributed by atoms with van der Waals surface area (Å²) in [5.74, 6) is 6.70. The molecule has 0 saturated carbocycles. The Bertz CT molecular complexity index is 1110. The summed E-state index contributed by atoms with van der Waals surface area (Å²) in [5, 5.41) is 17.6. The number of nitrogens with zero attached hydrogens (tertiary/aromatic N) is 2. The minimum absolute atomic E-state index is 0.0717. The maximum atomic E-state index is 8.92. The fourth-order valence-corrected chi connectivity index (χ4v) is 3.47. The van der Waals surface area contributed by atoms with Crippen LogP contribution in [-0.2, 0) is 0 Å². The molecule has 1 aliphatic heterocycles. The molecule has 2 aromatic carbocycles. The van der Waals surface area contributed by atoms with Crippen LogP contribution in [0, 0.1) is 17.3 Å². The Morgan fingerprint density at radius 2 is 1.93 bits per heavy atom. The number of pyridine rings is 1. The lowest BCUT2D eigenvalue weighted by atomic mass is 10.1. The van der Waals surface area contributed by atoms with Crippen molar-refractivity contribution in [2.75, 3.05) is 23.7 Å². The van der Waals surface area contributed by atoms with E-state index in [4.69, 9.17) is 16.4 Å². The van der Waals surface area contributed by atoms with Crippen molar-refractivity contribution in [1.82, 2.24) is 10.5 Å². The largest absolute Gasteiger partial charge is 0.384 e. The molecular weight excluding hydrogens is 350 g/mol. The van der Waals surface area contributed by atoms with E-state index in [2.05, 4.69) is 33.9 Å². The predicted octanol–water partition coefficient (Wildman–Crippen LogP) is 3.12. The SMILES string of the molecule is N=C(NO)c1cccc(C#Cc2cc(N)nc3ccc(N4CCCC4)cc23)c1. The van der Waals surface area contributed by atoms with Crippen LogP contribution in [0.4, 0.5) is 11.5 Å². The first-order chi connectivity index (χ1) is 13.6. The van der Waals surface area contributed by atoms with Crippen molar-refractivity contribution in [3.63, 3.8) is 0 Å². The molecule has 2 heterocycles. The Balaban J connectivity index is 1.75. The molecular formula is C22H21N5O. The summed E-state index contributed by atoms with van der Waals surface area (Å²) < 4.78 is 0. The van der Waals surface area contributed by atoms with Gasteiger partial charge in [-0.15, -0.1) is 0 Å². The summed E-state index contributed by atoms with van der Waals surface area (Å²) in [6.45, 7) is 2.15. The first-order valence-electron chi connectivity index (χ1n) is 9.20. The van der Waals surface area contributed by atoms with Crippen molar-refractivity contribution in [2.45, 2.75) is 12.8 Å². The molecule has 0 bridgehead atoms. The number of hydroxylamine groups is 1. The molecule has 3 aromatic rings. The van der Waals surface area contributed by atoms with E-state index in [1.54, 1.807) is 24.3 Å². The number of fused-ring (bicyclic) bond motifs is 1. The van der Waals surface area contributed by atoms with Crippen molar-refractivity contribution < 1.29 is 5.21 Å². The standard InChI is InChI=1S/C22H21N5O/c23-21-13-16(7-6-15-4-3-5-17(12-15)22(24)26-28)19-14-18(8-9-20(19)25-21)27-10-1-2-11-27/h3-5,8-9,12-14,28H,1-2,10-11H2,(H2,23,25)(H2,24,26). The highest BCUT2D eigenvalue weighted by Crippen LogP contribution is 2.27. The summed E-state index contributed by atoms with van der Waals surface area (Å²) in [6, 6.07) is 15.2. The van der Waals surface area contributed by atoms with Gasteiger partial charge in [-0.2, -0.15) is 0 Å². The molecule has 6 nitrogen and oxygen atoms in total.